The van der Waals surface area contributed by atoms with Crippen LogP contribution in [0.4, 0.5) is 10.1 Å². The number of carbonyl (C=O) groups excluding carboxylic acids is 1. The Bertz CT molecular complexity index is 1240. The Morgan fingerprint density at radius 3 is 2.50 bits per heavy atom. The second-order valence-corrected chi connectivity index (χ2v) is 13.4. The Balaban J connectivity index is 1.51. The average Bonchev–Trinajstić information content (AvgIpc) is 3.71. The number of hydrogen-bond donors (Lipinski definition) is 3. The first-order valence-corrected chi connectivity index (χ1v) is 15.2. The summed E-state index contributed by atoms with van der Waals surface area (Å²) in [6.45, 7) is 7.00. The summed E-state index contributed by atoms with van der Waals surface area (Å²) in [5, 5.41) is 6.46. The third-order valence-corrected chi connectivity index (χ3v) is 10.4. The summed E-state index contributed by atoms with van der Waals surface area (Å²) in [6, 6.07) is 10.5. The van der Waals surface area contributed by atoms with Crippen molar-refractivity contribution in [2.75, 3.05) is 18.4 Å². The molecule has 4 atom stereocenters. The summed E-state index contributed by atoms with van der Waals surface area (Å²) in [7, 11) is -3.38. The highest BCUT2D eigenvalue weighted by molar-refractivity contribution is 7.90. The maximum Gasteiger partial charge on any atom is 0.241 e. The van der Waals surface area contributed by atoms with Gasteiger partial charge in [-0.15, -0.1) is 0 Å². The predicted molar refractivity (Wildman–Crippen MR) is 150 cm³/mol. The fourth-order valence-electron chi connectivity index (χ4n) is 5.54. The van der Waals surface area contributed by atoms with Crippen LogP contribution in [0.1, 0.15) is 57.1 Å². The van der Waals surface area contributed by atoms with Gasteiger partial charge in [-0.25, -0.2) is 12.8 Å². The van der Waals surface area contributed by atoms with Gasteiger partial charge in [-0.3, -0.25) is 4.79 Å². The van der Waals surface area contributed by atoms with Gasteiger partial charge in [0.25, 0.3) is 0 Å². The van der Waals surface area contributed by atoms with Crippen LogP contribution < -0.4 is 16.4 Å². The van der Waals surface area contributed by atoms with Gasteiger partial charge in [0, 0.05) is 47.4 Å². The standard InChI is InChI=1S/C28H38ClFN4O3S/c1-17(2)26(19-7-9-20(29)10-8-19)27(31)28(35)33-25-6-4-5-24(30)23(25)14-11-21-16-32-15-18(3)34(21)38(36,37)22-12-13-22/h4-10,17-18,21-22,26-27,32H,11-16,31H2,1-3H3,(H,33,35)/t18-,21-,26+,27-/m0/s1. The van der Waals surface area contributed by atoms with E-state index in [1.807, 2.05) is 32.9 Å². The van der Waals surface area contributed by atoms with Crippen LogP contribution in [-0.4, -0.2) is 55.1 Å². The molecule has 2 fully saturated rings. The molecule has 7 nitrogen and oxygen atoms in total. The molecule has 0 spiro atoms. The summed E-state index contributed by atoms with van der Waals surface area (Å²) >= 11 is 6.04. The molecule has 2 aromatic rings. The lowest BCUT2D eigenvalue weighted by molar-refractivity contribution is -0.118. The molecule has 2 aromatic carbocycles. The van der Waals surface area contributed by atoms with E-state index in [0.29, 0.717) is 48.6 Å². The number of sulfonamides is 1. The topological polar surface area (TPSA) is 105 Å². The van der Waals surface area contributed by atoms with Gasteiger partial charge >= 0.3 is 0 Å². The second-order valence-electron chi connectivity index (χ2n) is 10.9. The summed E-state index contributed by atoms with van der Waals surface area (Å²) < 4.78 is 43.0. The first-order valence-electron chi connectivity index (χ1n) is 13.3. The molecular weight excluding hydrogens is 527 g/mol. The smallest absolute Gasteiger partial charge is 0.241 e. The molecular formula is C28H38ClFN4O3S. The average molecular weight is 565 g/mol. The molecule has 1 saturated carbocycles. The van der Waals surface area contributed by atoms with Gasteiger partial charge in [-0.2, -0.15) is 4.31 Å². The van der Waals surface area contributed by atoms with Crippen LogP contribution in [0.2, 0.25) is 5.02 Å². The molecule has 0 radical (unpaired) electrons. The zero-order valence-electron chi connectivity index (χ0n) is 22.2. The number of anilines is 1. The maximum absolute atomic E-state index is 15.0. The highest BCUT2D eigenvalue weighted by atomic mass is 35.5. The number of halogens is 2. The quantitative estimate of drug-likeness (QED) is 0.400. The Labute approximate surface area is 230 Å². The van der Waals surface area contributed by atoms with E-state index in [4.69, 9.17) is 17.3 Å². The molecule has 1 aliphatic carbocycles. The first kappa shape index (κ1) is 29.0. The van der Waals surface area contributed by atoms with Gasteiger partial charge in [0.05, 0.1) is 11.3 Å². The number of hydrogen-bond acceptors (Lipinski definition) is 5. The van der Waals surface area contributed by atoms with Crippen molar-refractivity contribution in [3.05, 3.63) is 64.4 Å². The zero-order chi connectivity index (χ0) is 27.6. The molecule has 10 heteroatoms. The normalized spacial score (nSPS) is 22.3. The Morgan fingerprint density at radius 2 is 1.87 bits per heavy atom. The number of piperazine rings is 1. The van der Waals surface area contributed by atoms with Crippen molar-refractivity contribution < 1.29 is 17.6 Å². The second kappa shape index (κ2) is 12.0. The van der Waals surface area contributed by atoms with Crippen molar-refractivity contribution in [2.24, 2.45) is 11.7 Å². The number of benzene rings is 2. The number of nitrogens with zero attached hydrogens (tertiary/aromatic N) is 1. The molecule has 4 rings (SSSR count). The van der Waals surface area contributed by atoms with Crippen molar-refractivity contribution in [3.8, 4) is 0 Å². The van der Waals surface area contributed by atoms with Crippen molar-refractivity contribution in [1.82, 2.24) is 9.62 Å². The van der Waals surface area contributed by atoms with E-state index < -0.39 is 27.8 Å². The first-order chi connectivity index (χ1) is 18.0. The van der Waals surface area contributed by atoms with Gasteiger partial charge in [0.15, 0.2) is 0 Å². The van der Waals surface area contributed by atoms with E-state index in [1.165, 1.54) is 6.07 Å². The monoisotopic (exact) mass is 564 g/mol. The van der Waals surface area contributed by atoms with E-state index in [-0.39, 0.29) is 35.6 Å². The lowest BCUT2D eigenvalue weighted by Gasteiger charge is -2.40. The van der Waals surface area contributed by atoms with Crippen molar-refractivity contribution in [2.45, 2.75) is 75.7 Å². The number of nitrogens with two attached hydrogens (primary N) is 1. The molecule has 2 aliphatic rings. The highest BCUT2D eigenvalue weighted by Crippen LogP contribution is 2.35. The van der Waals surface area contributed by atoms with Crippen molar-refractivity contribution >= 4 is 33.2 Å². The fourth-order valence-corrected chi connectivity index (χ4v) is 7.91. The molecule has 208 valence electrons. The minimum atomic E-state index is -3.38. The highest BCUT2D eigenvalue weighted by Gasteiger charge is 2.45. The molecule has 1 amide bonds. The molecule has 0 aromatic heterocycles. The minimum Gasteiger partial charge on any atom is -0.324 e. The van der Waals surface area contributed by atoms with Crippen LogP contribution in [0.3, 0.4) is 0 Å². The van der Waals surface area contributed by atoms with Gasteiger partial charge < -0.3 is 16.4 Å². The van der Waals surface area contributed by atoms with Gasteiger partial charge in [0.2, 0.25) is 15.9 Å². The predicted octanol–water partition coefficient (Wildman–Crippen LogP) is 4.27. The van der Waals surface area contributed by atoms with Crippen LogP contribution >= 0.6 is 11.6 Å². The van der Waals surface area contributed by atoms with Gasteiger partial charge in [-0.05, 0) is 68.4 Å². The van der Waals surface area contributed by atoms with E-state index in [0.717, 1.165) is 5.56 Å². The summed E-state index contributed by atoms with van der Waals surface area (Å²) in [6.07, 6.45) is 2.10. The zero-order valence-corrected chi connectivity index (χ0v) is 23.7. The van der Waals surface area contributed by atoms with Gasteiger partial charge in [0.1, 0.15) is 5.82 Å². The summed E-state index contributed by atoms with van der Waals surface area (Å²) in [4.78, 5) is 13.3. The number of rotatable bonds is 10. The van der Waals surface area contributed by atoms with Crippen molar-refractivity contribution in [1.29, 1.82) is 0 Å². The van der Waals surface area contributed by atoms with Gasteiger partial charge in [-0.1, -0.05) is 43.6 Å². The lowest BCUT2D eigenvalue weighted by atomic mass is 9.82. The molecule has 1 saturated heterocycles. The van der Waals surface area contributed by atoms with Crippen LogP contribution in [0.5, 0.6) is 0 Å². The number of nitrogens with one attached hydrogen (secondary N) is 2. The molecule has 1 heterocycles. The van der Waals surface area contributed by atoms with Crippen LogP contribution in [0.15, 0.2) is 42.5 Å². The fraction of sp³-hybridized carbons (Fsp3) is 0.536. The van der Waals surface area contributed by atoms with Crippen LogP contribution in [-0.2, 0) is 21.2 Å². The van der Waals surface area contributed by atoms with Crippen molar-refractivity contribution in [3.63, 3.8) is 0 Å². The maximum atomic E-state index is 15.0. The van der Waals surface area contributed by atoms with Crippen LogP contribution in [0.25, 0.3) is 0 Å². The third kappa shape index (κ3) is 6.39. The molecule has 0 unspecified atom stereocenters. The third-order valence-electron chi connectivity index (χ3n) is 7.62. The summed E-state index contributed by atoms with van der Waals surface area (Å²) in [5.41, 5.74) is 8.07. The van der Waals surface area contributed by atoms with E-state index in [9.17, 15) is 13.2 Å². The van der Waals surface area contributed by atoms with E-state index in [1.54, 1.807) is 28.6 Å². The number of amides is 1. The number of carbonyl (C=O) groups is 1. The van der Waals surface area contributed by atoms with E-state index in [2.05, 4.69) is 10.6 Å². The Morgan fingerprint density at radius 1 is 1.18 bits per heavy atom. The van der Waals surface area contributed by atoms with E-state index >= 15 is 4.39 Å². The Hall–Kier alpha value is -2.04. The summed E-state index contributed by atoms with van der Waals surface area (Å²) in [5.74, 6) is -1.04. The molecule has 1 aliphatic heterocycles. The minimum absolute atomic E-state index is 0.0732. The lowest BCUT2D eigenvalue weighted by Crippen LogP contribution is -2.59. The SMILES string of the molecule is CC(C)[C@H](c1ccc(Cl)cc1)[C@H](N)C(=O)Nc1cccc(F)c1CC[C@H]1CNC[C@H](C)N1S(=O)(=O)C1CC1. The molecule has 4 N–H and O–H groups in total. The molecule has 38 heavy (non-hydrogen) atoms. The largest absolute Gasteiger partial charge is 0.324 e. The Kier molecular flexibility index (Phi) is 9.15. The van der Waals surface area contributed by atoms with Crippen LogP contribution in [0, 0.1) is 11.7 Å². The molecule has 0 bridgehead atoms.